The fourth-order valence-electron chi connectivity index (χ4n) is 2.99. The zero-order valence-electron chi connectivity index (χ0n) is 10.1. The Balaban J connectivity index is 2.27. The van der Waals surface area contributed by atoms with E-state index in [1.54, 1.807) is 0 Å². The van der Waals surface area contributed by atoms with E-state index in [-0.39, 0.29) is 23.1 Å². The quantitative estimate of drug-likeness (QED) is 0.873. The number of fused-ring (bicyclic) bond motifs is 1. The lowest BCUT2D eigenvalue weighted by Crippen LogP contribution is -2.33. The summed E-state index contributed by atoms with van der Waals surface area (Å²) < 4.78 is 10.6. The lowest BCUT2D eigenvalue weighted by atomic mass is 9.77. The van der Waals surface area contributed by atoms with Gasteiger partial charge in [-0.25, -0.2) is 0 Å². The molecule has 5 nitrogen and oxygen atoms in total. The molecule has 0 bridgehead atoms. The highest BCUT2D eigenvalue weighted by Crippen LogP contribution is 2.54. The smallest absolute Gasteiger partial charge is 0.314 e. The fraction of sp³-hybridized carbons (Fsp3) is 0.462. The van der Waals surface area contributed by atoms with Crippen LogP contribution in [0, 0.1) is 0 Å². The van der Waals surface area contributed by atoms with Gasteiger partial charge in [0.2, 0.25) is 6.79 Å². The Bertz CT molecular complexity index is 548. The lowest BCUT2D eigenvalue weighted by Gasteiger charge is -2.26. The number of hydrogen-bond acceptors (Lipinski definition) is 4. The summed E-state index contributed by atoms with van der Waals surface area (Å²) in [5.41, 5.74) is -0.871. The molecule has 2 aliphatic rings. The zero-order chi connectivity index (χ0) is 13.6. The van der Waals surface area contributed by atoms with E-state index in [0.717, 1.165) is 12.8 Å². The predicted octanol–water partition coefficient (Wildman–Crippen LogP) is 2.67. The average Bonchev–Trinajstić information content (AvgIpc) is 2.99. The Kier molecular flexibility index (Phi) is 2.74. The zero-order valence-corrected chi connectivity index (χ0v) is 10.9. The van der Waals surface area contributed by atoms with Crippen LogP contribution < -0.4 is 9.47 Å². The first-order valence-corrected chi connectivity index (χ1v) is 6.49. The summed E-state index contributed by atoms with van der Waals surface area (Å²) in [5, 5.41) is 19.9. The van der Waals surface area contributed by atoms with E-state index in [9.17, 15) is 15.0 Å². The van der Waals surface area contributed by atoms with Crippen molar-refractivity contribution >= 4 is 17.6 Å². The van der Waals surface area contributed by atoms with Gasteiger partial charge in [0.05, 0.1) is 10.6 Å². The molecule has 0 radical (unpaired) electrons. The second-order valence-corrected chi connectivity index (χ2v) is 5.32. The topological polar surface area (TPSA) is 76.0 Å². The maximum Gasteiger partial charge on any atom is 0.314 e. The normalized spacial score (nSPS) is 19.6. The highest BCUT2D eigenvalue weighted by molar-refractivity contribution is 6.32. The van der Waals surface area contributed by atoms with Crippen molar-refractivity contribution < 1.29 is 24.5 Å². The molecule has 0 spiro atoms. The van der Waals surface area contributed by atoms with Gasteiger partial charge in [-0.15, -0.1) is 0 Å². The van der Waals surface area contributed by atoms with Crippen molar-refractivity contribution in [2.75, 3.05) is 6.79 Å². The Morgan fingerprint density at radius 3 is 2.63 bits per heavy atom. The van der Waals surface area contributed by atoms with Crippen molar-refractivity contribution in [1.29, 1.82) is 0 Å². The highest BCUT2D eigenvalue weighted by Gasteiger charge is 2.48. The molecule has 1 aliphatic carbocycles. The van der Waals surface area contributed by atoms with Gasteiger partial charge in [-0.2, -0.15) is 0 Å². The van der Waals surface area contributed by atoms with Gasteiger partial charge in [0.25, 0.3) is 0 Å². The maximum atomic E-state index is 11.7. The van der Waals surface area contributed by atoms with Crippen molar-refractivity contribution in [3.05, 3.63) is 16.7 Å². The molecule has 102 valence electrons. The molecule has 1 aromatic rings. The van der Waals surface area contributed by atoms with Crippen LogP contribution in [-0.4, -0.2) is 23.0 Å². The number of carboxylic acid groups (broad SMARTS) is 1. The van der Waals surface area contributed by atoms with Crippen LogP contribution in [0.5, 0.6) is 17.2 Å². The van der Waals surface area contributed by atoms with Gasteiger partial charge in [-0.3, -0.25) is 4.79 Å². The van der Waals surface area contributed by atoms with E-state index in [1.165, 1.54) is 6.07 Å². The third-order valence-electron chi connectivity index (χ3n) is 3.93. The summed E-state index contributed by atoms with van der Waals surface area (Å²) >= 11 is 5.96. The molecule has 1 fully saturated rings. The first-order chi connectivity index (χ1) is 9.06. The number of phenols is 1. The molecule has 6 heteroatoms. The SMILES string of the molecule is O=C(O)C1(c2c(O)c(Cl)cc3c2OCO3)CCCC1. The number of rotatable bonds is 2. The minimum Gasteiger partial charge on any atom is -0.506 e. The molecule has 19 heavy (non-hydrogen) atoms. The van der Waals surface area contributed by atoms with Crippen LogP contribution in [0.15, 0.2) is 6.07 Å². The van der Waals surface area contributed by atoms with Crippen LogP contribution in [-0.2, 0) is 10.2 Å². The molecule has 2 N–H and O–H groups in total. The van der Waals surface area contributed by atoms with E-state index < -0.39 is 11.4 Å². The molecule has 0 atom stereocenters. The van der Waals surface area contributed by atoms with E-state index in [4.69, 9.17) is 21.1 Å². The Labute approximate surface area is 114 Å². The number of phenolic OH excluding ortho intramolecular Hbond substituents is 1. The number of aliphatic carboxylic acids is 1. The number of halogens is 1. The summed E-state index contributed by atoms with van der Waals surface area (Å²) in [7, 11) is 0. The van der Waals surface area contributed by atoms with Crippen LogP contribution in [0.3, 0.4) is 0 Å². The number of carboxylic acids is 1. The lowest BCUT2D eigenvalue weighted by molar-refractivity contribution is -0.143. The van der Waals surface area contributed by atoms with Gasteiger partial charge in [-0.05, 0) is 12.8 Å². The third-order valence-corrected chi connectivity index (χ3v) is 4.22. The second-order valence-electron chi connectivity index (χ2n) is 4.91. The van der Waals surface area contributed by atoms with Crippen molar-refractivity contribution in [2.45, 2.75) is 31.1 Å². The van der Waals surface area contributed by atoms with E-state index in [0.29, 0.717) is 24.3 Å². The second kappa shape index (κ2) is 4.20. The van der Waals surface area contributed by atoms with Crippen LogP contribution in [0.1, 0.15) is 31.2 Å². The monoisotopic (exact) mass is 284 g/mol. The Hall–Kier alpha value is -1.62. The van der Waals surface area contributed by atoms with Gasteiger partial charge >= 0.3 is 5.97 Å². The largest absolute Gasteiger partial charge is 0.506 e. The summed E-state index contributed by atoms with van der Waals surface area (Å²) in [6, 6.07) is 1.45. The number of benzene rings is 1. The Morgan fingerprint density at radius 1 is 1.32 bits per heavy atom. The van der Waals surface area contributed by atoms with Crippen molar-refractivity contribution in [2.24, 2.45) is 0 Å². The molecular weight excluding hydrogens is 272 g/mol. The van der Waals surface area contributed by atoms with Gasteiger partial charge in [0.15, 0.2) is 11.5 Å². The number of aromatic hydroxyl groups is 1. The highest BCUT2D eigenvalue weighted by atomic mass is 35.5. The number of ether oxygens (including phenoxy) is 2. The van der Waals surface area contributed by atoms with Gasteiger partial charge < -0.3 is 19.7 Å². The predicted molar refractivity (Wildman–Crippen MR) is 67.0 cm³/mol. The molecule has 1 aliphatic heterocycles. The molecule has 1 saturated carbocycles. The standard InChI is InChI=1S/C13H13ClO5/c14-7-5-8-11(19-6-18-8)9(10(7)15)13(12(16)17)3-1-2-4-13/h5,15H,1-4,6H2,(H,16,17). The maximum absolute atomic E-state index is 11.7. The third kappa shape index (κ3) is 1.64. The fourth-order valence-corrected chi connectivity index (χ4v) is 3.19. The molecule has 0 amide bonds. The van der Waals surface area contributed by atoms with Crippen molar-refractivity contribution in [3.8, 4) is 17.2 Å². The molecule has 0 aromatic heterocycles. The summed E-state index contributed by atoms with van der Waals surface area (Å²) in [5.74, 6) is -0.466. The van der Waals surface area contributed by atoms with E-state index >= 15 is 0 Å². The first kappa shape index (κ1) is 12.4. The van der Waals surface area contributed by atoms with Crippen LogP contribution in [0.25, 0.3) is 0 Å². The summed E-state index contributed by atoms with van der Waals surface area (Å²) in [6.07, 6.45) is 2.53. The molecule has 1 heterocycles. The summed E-state index contributed by atoms with van der Waals surface area (Å²) in [4.78, 5) is 11.7. The van der Waals surface area contributed by atoms with Gasteiger partial charge in [0, 0.05) is 6.07 Å². The van der Waals surface area contributed by atoms with E-state index in [1.807, 2.05) is 0 Å². The molecule has 0 saturated heterocycles. The minimum absolute atomic E-state index is 0.0117. The van der Waals surface area contributed by atoms with Crippen LogP contribution in [0.2, 0.25) is 5.02 Å². The number of hydrogen-bond donors (Lipinski definition) is 2. The van der Waals surface area contributed by atoms with Crippen molar-refractivity contribution in [1.82, 2.24) is 0 Å². The Morgan fingerprint density at radius 2 is 2.00 bits per heavy atom. The van der Waals surface area contributed by atoms with Crippen molar-refractivity contribution in [3.63, 3.8) is 0 Å². The molecule has 1 aromatic carbocycles. The van der Waals surface area contributed by atoms with Crippen LogP contribution in [0.4, 0.5) is 0 Å². The van der Waals surface area contributed by atoms with Gasteiger partial charge in [0.1, 0.15) is 11.2 Å². The average molecular weight is 285 g/mol. The van der Waals surface area contributed by atoms with Crippen LogP contribution >= 0.6 is 11.6 Å². The minimum atomic E-state index is -1.13. The number of carbonyl (C=O) groups is 1. The summed E-state index contributed by atoms with van der Waals surface area (Å²) in [6.45, 7) is 0.0117. The van der Waals surface area contributed by atoms with E-state index in [2.05, 4.69) is 0 Å². The first-order valence-electron chi connectivity index (χ1n) is 6.11. The molecular formula is C13H13ClO5. The molecule has 3 rings (SSSR count). The molecule has 0 unspecified atom stereocenters. The van der Waals surface area contributed by atoms with Gasteiger partial charge in [-0.1, -0.05) is 24.4 Å².